The number of nitrogens with zero attached hydrogens (tertiary/aromatic N) is 1. The van der Waals surface area contributed by atoms with E-state index in [1.807, 2.05) is 43.3 Å². The van der Waals surface area contributed by atoms with Gasteiger partial charge < -0.3 is 9.64 Å². The van der Waals surface area contributed by atoms with E-state index in [9.17, 15) is 4.79 Å². The van der Waals surface area contributed by atoms with Crippen molar-refractivity contribution in [2.45, 2.75) is 71.1 Å². The van der Waals surface area contributed by atoms with Gasteiger partial charge in [-0.05, 0) is 30.7 Å². The third-order valence-corrected chi connectivity index (χ3v) is 4.43. The molecule has 1 rings (SSSR count). The summed E-state index contributed by atoms with van der Waals surface area (Å²) in [5.41, 5.74) is 0.689. The lowest BCUT2D eigenvalue weighted by Crippen LogP contribution is -2.03. The second kappa shape index (κ2) is 14.4. The van der Waals surface area contributed by atoms with E-state index in [0.29, 0.717) is 5.56 Å². The summed E-state index contributed by atoms with van der Waals surface area (Å²) >= 11 is 0. The molecule has 0 aromatic heterocycles. The molecule has 0 saturated heterocycles. The highest BCUT2D eigenvalue weighted by Crippen LogP contribution is 2.14. The minimum absolute atomic E-state index is 0.0138. The van der Waals surface area contributed by atoms with Crippen molar-refractivity contribution in [3.05, 3.63) is 42.1 Å². The molecule has 0 spiro atoms. The second-order valence-electron chi connectivity index (χ2n) is 7.20. The topological polar surface area (TPSA) is 29.5 Å². The lowest BCUT2D eigenvalue weighted by Gasteiger charge is -2.07. The SMILES string of the molecule is CCCCCCCCCCCCOc1ccc(C(=O)/C=C/N(C)C)cc1. The van der Waals surface area contributed by atoms with Gasteiger partial charge in [-0.15, -0.1) is 0 Å². The lowest BCUT2D eigenvalue weighted by atomic mass is 10.1. The number of carbonyl (C=O) groups excluding carboxylic acids is 1. The van der Waals surface area contributed by atoms with Crippen molar-refractivity contribution in [2.24, 2.45) is 0 Å². The van der Waals surface area contributed by atoms with E-state index in [1.54, 1.807) is 12.3 Å². The van der Waals surface area contributed by atoms with Gasteiger partial charge in [-0.1, -0.05) is 64.7 Å². The summed E-state index contributed by atoms with van der Waals surface area (Å²) in [6, 6.07) is 7.42. The fourth-order valence-corrected chi connectivity index (χ4v) is 2.81. The van der Waals surface area contributed by atoms with Crippen molar-refractivity contribution in [3.63, 3.8) is 0 Å². The molecule has 0 atom stereocenters. The molecule has 0 N–H and O–H groups in total. The Morgan fingerprint density at radius 2 is 1.42 bits per heavy atom. The van der Waals surface area contributed by atoms with Crippen molar-refractivity contribution in [3.8, 4) is 5.75 Å². The number of unbranched alkanes of at least 4 members (excludes halogenated alkanes) is 9. The van der Waals surface area contributed by atoms with Crippen LogP contribution >= 0.6 is 0 Å². The van der Waals surface area contributed by atoms with E-state index >= 15 is 0 Å². The van der Waals surface area contributed by atoms with Crippen molar-refractivity contribution in [2.75, 3.05) is 20.7 Å². The van der Waals surface area contributed by atoms with Crippen molar-refractivity contribution >= 4 is 5.78 Å². The van der Waals surface area contributed by atoms with Crippen LogP contribution < -0.4 is 4.74 Å². The van der Waals surface area contributed by atoms with Crippen molar-refractivity contribution in [1.82, 2.24) is 4.90 Å². The minimum Gasteiger partial charge on any atom is -0.494 e. The van der Waals surface area contributed by atoms with Gasteiger partial charge in [-0.3, -0.25) is 4.79 Å². The van der Waals surface area contributed by atoms with E-state index in [-0.39, 0.29) is 5.78 Å². The third-order valence-electron chi connectivity index (χ3n) is 4.43. The average Bonchev–Trinajstić information content (AvgIpc) is 2.64. The fourth-order valence-electron chi connectivity index (χ4n) is 2.81. The zero-order valence-electron chi connectivity index (χ0n) is 17.0. The van der Waals surface area contributed by atoms with Gasteiger partial charge in [-0.2, -0.15) is 0 Å². The first-order chi connectivity index (χ1) is 12.6. The van der Waals surface area contributed by atoms with E-state index in [1.165, 1.54) is 57.8 Å². The van der Waals surface area contributed by atoms with Gasteiger partial charge in [0.1, 0.15) is 5.75 Å². The van der Waals surface area contributed by atoms with Gasteiger partial charge in [0.15, 0.2) is 5.78 Å². The van der Waals surface area contributed by atoms with Gasteiger partial charge in [0.25, 0.3) is 0 Å². The summed E-state index contributed by atoms with van der Waals surface area (Å²) in [6.45, 7) is 3.02. The molecule has 146 valence electrons. The summed E-state index contributed by atoms with van der Waals surface area (Å²) in [7, 11) is 3.79. The Hall–Kier alpha value is -1.77. The summed E-state index contributed by atoms with van der Waals surface area (Å²) in [6.07, 6.45) is 16.6. The molecule has 0 unspecified atom stereocenters. The van der Waals surface area contributed by atoms with Gasteiger partial charge in [-0.25, -0.2) is 0 Å². The van der Waals surface area contributed by atoms with Crippen LogP contribution in [0, 0.1) is 0 Å². The Labute approximate surface area is 160 Å². The molecule has 0 aliphatic carbocycles. The molecule has 1 aromatic rings. The Kier molecular flexibility index (Phi) is 12.3. The maximum atomic E-state index is 12.0. The number of ether oxygens (including phenoxy) is 1. The molecule has 0 bridgehead atoms. The first-order valence-corrected chi connectivity index (χ1v) is 10.3. The molecular weight excluding hydrogens is 322 g/mol. The van der Waals surface area contributed by atoms with E-state index in [0.717, 1.165) is 18.8 Å². The summed E-state index contributed by atoms with van der Waals surface area (Å²) in [5.74, 6) is 0.856. The molecule has 0 saturated carbocycles. The number of hydrogen-bond acceptors (Lipinski definition) is 3. The smallest absolute Gasteiger partial charge is 0.187 e. The summed E-state index contributed by atoms with van der Waals surface area (Å²) < 4.78 is 5.77. The molecule has 1 aromatic carbocycles. The highest BCUT2D eigenvalue weighted by Gasteiger charge is 2.02. The zero-order valence-corrected chi connectivity index (χ0v) is 17.0. The van der Waals surface area contributed by atoms with Crippen LogP contribution in [0.5, 0.6) is 5.75 Å². The maximum Gasteiger partial charge on any atom is 0.187 e. The average molecular weight is 360 g/mol. The predicted octanol–water partition coefficient (Wildman–Crippen LogP) is 6.24. The number of ketones is 1. The van der Waals surface area contributed by atoms with Crippen LogP contribution in [-0.4, -0.2) is 31.4 Å². The van der Waals surface area contributed by atoms with Gasteiger partial charge in [0.2, 0.25) is 0 Å². The van der Waals surface area contributed by atoms with E-state index < -0.39 is 0 Å². The number of carbonyl (C=O) groups is 1. The van der Waals surface area contributed by atoms with Crippen LogP contribution in [0.1, 0.15) is 81.5 Å². The lowest BCUT2D eigenvalue weighted by molar-refractivity contribution is 0.104. The number of benzene rings is 1. The molecule has 0 aliphatic rings. The van der Waals surface area contributed by atoms with Crippen LogP contribution in [0.4, 0.5) is 0 Å². The number of hydrogen-bond donors (Lipinski definition) is 0. The Bertz CT molecular complexity index is 505. The third kappa shape index (κ3) is 11.0. The number of rotatable bonds is 15. The molecule has 0 aliphatic heterocycles. The van der Waals surface area contributed by atoms with Crippen LogP contribution in [0.15, 0.2) is 36.5 Å². The van der Waals surface area contributed by atoms with Crippen LogP contribution in [0.2, 0.25) is 0 Å². The molecule has 3 nitrogen and oxygen atoms in total. The second-order valence-corrected chi connectivity index (χ2v) is 7.20. The summed E-state index contributed by atoms with van der Waals surface area (Å²) in [5, 5.41) is 0. The largest absolute Gasteiger partial charge is 0.494 e. The number of allylic oxidation sites excluding steroid dienone is 1. The molecule has 0 radical (unpaired) electrons. The fraction of sp³-hybridized carbons (Fsp3) is 0.609. The van der Waals surface area contributed by atoms with Gasteiger partial charge in [0, 0.05) is 31.9 Å². The highest BCUT2D eigenvalue weighted by molar-refractivity contribution is 6.04. The van der Waals surface area contributed by atoms with E-state index in [2.05, 4.69) is 6.92 Å². The summed E-state index contributed by atoms with van der Waals surface area (Å²) in [4.78, 5) is 13.8. The quantitative estimate of drug-likeness (QED) is 0.211. The first kappa shape index (κ1) is 22.3. The van der Waals surface area contributed by atoms with Crippen LogP contribution in [-0.2, 0) is 0 Å². The van der Waals surface area contributed by atoms with E-state index in [4.69, 9.17) is 4.74 Å². The monoisotopic (exact) mass is 359 g/mol. The molecule has 0 amide bonds. The van der Waals surface area contributed by atoms with Gasteiger partial charge in [0.05, 0.1) is 6.61 Å². The van der Waals surface area contributed by atoms with Gasteiger partial charge >= 0.3 is 0 Å². The maximum absolute atomic E-state index is 12.0. The van der Waals surface area contributed by atoms with Crippen LogP contribution in [0.3, 0.4) is 0 Å². The highest BCUT2D eigenvalue weighted by atomic mass is 16.5. The standard InChI is InChI=1S/C23H37NO2/c1-4-5-6-7-8-9-10-11-12-13-20-26-22-16-14-21(15-17-22)23(25)18-19-24(2)3/h14-19H,4-13,20H2,1-3H3/b19-18+. The Balaban J connectivity index is 2.08. The van der Waals surface area contributed by atoms with Crippen molar-refractivity contribution in [1.29, 1.82) is 0 Å². The Morgan fingerprint density at radius 1 is 0.885 bits per heavy atom. The molecule has 26 heavy (non-hydrogen) atoms. The minimum atomic E-state index is 0.0138. The van der Waals surface area contributed by atoms with Crippen LogP contribution in [0.25, 0.3) is 0 Å². The van der Waals surface area contributed by atoms with Crippen molar-refractivity contribution < 1.29 is 9.53 Å². The Morgan fingerprint density at radius 3 is 1.96 bits per heavy atom. The molecular formula is C23H37NO2. The molecule has 0 heterocycles. The first-order valence-electron chi connectivity index (χ1n) is 10.3. The predicted molar refractivity (Wildman–Crippen MR) is 111 cm³/mol. The molecule has 0 fully saturated rings. The zero-order chi connectivity index (χ0) is 19.0. The normalized spacial score (nSPS) is 11.0. The molecule has 3 heteroatoms.